The molecule has 1 aliphatic rings. The lowest BCUT2D eigenvalue weighted by molar-refractivity contribution is -0.0436. The van der Waals surface area contributed by atoms with Gasteiger partial charge in [0, 0.05) is 30.5 Å². The topological polar surface area (TPSA) is 79.8 Å². The van der Waals surface area contributed by atoms with Crippen molar-refractivity contribution < 1.29 is 31.1 Å². The zero-order valence-corrected chi connectivity index (χ0v) is 18.7. The molecule has 1 saturated heterocycles. The smallest absolute Gasteiger partial charge is 0.461 e. The largest absolute Gasteiger partial charge is 0.501 e. The summed E-state index contributed by atoms with van der Waals surface area (Å²) in [6.07, 6.45) is 1.54. The lowest BCUT2D eigenvalue weighted by Crippen LogP contribution is -2.39. The highest BCUT2D eigenvalue weighted by atomic mass is 32.2. The molecule has 11 heteroatoms. The summed E-state index contributed by atoms with van der Waals surface area (Å²) in [5.41, 5.74) is -3.93. The van der Waals surface area contributed by atoms with E-state index in [9.17, 15) is 26.4 Å². The number of aromatic nitrogens is 1. The molecular formula is C21H24F3N3O4S. The van der Waals surface area contributed by atoms with Crippen LogP contribution in [0.5, 0.6) is 0 Å². The van der Waals surface area contributed by atoms with E-state index < -0.39 is 26.2 Å². The van der Waals surface area contributed by atoms with Crippen molar-refractivity contribution in [2.75, 3.05) is 24.7 Å². The number of esters is 1. The van der Waals surface area contributed by atoms with Crippen molar-refractivity contribution in [1.29, 1.82) is 0 Å². The lowest BCUT2D eigenvalue weighted by Gasteiger charge is -2.29. The number of hydrogen-bond donors (Lipinski definition) is 0. The summed E-state index contributed by atoms with van der Waals surface area (Å²) in [6, 6.07) is 8.18. The molecule has 7 nitrogen and oxygen atoms in total. The number of ether oxygens (including phenoxy) is 1. The Morgan fingerprint density at radius 3 is 2.44 bits per heavy atom. The van der Waals surface area contributed by atoms with Gasteiger partial charge in [-0.05, 0) is 62.7 Å². The van der Waals surface area contributed by atoms with Gasteiger partial charge in [0.25, 0.3) is 9.84 Å². The number of carbonyl (C=O) groups is 1. The van der Waals surface area contributed by atoms with Gasteiger partial charge in [0.1, 0.15) is 5.69 Å². The first-order valence-corrected chi connectivity index (χ1v) is 11.4. The Bertz CT molecular complexity index is 1090. The number of halogens is 3. The molecule has 0 aliphatic carbocycles. The summed E-state index contributed by atoms with van der Waals surface area (Å²) in [4.78, 5) is 19.3. The summed E-state index contributed by atoms with van der Waals surface area (Å²) >= 11 is 0. The molecule has 0 N–H and O–H groups in total. The van der Waals surface area contributed by atoms with Crippen LogP contribution in [0.2, 0.25) is 0 Å². The highest BCUT2D eigenvalue weighted by molar-refractivity contribution is 7.92. The van der Waals surface area contributed by atoms with Crippen molar-refractivity contribution in [1.82, 2.24) is 9.88 Å². The molecule has 1 aromatic heterocycles. The van der Waals surface area contributed by atoms with Gasteiger partial charge in [-0.3, -0.25) is 4.90 Å². The molecule has 0 saturated carbocycles. The summed E-state index contributed by atoms with van der Waals surface area (Å²) < 4.78 is 66.4. The monoisotopic (exact) mass is 471 g/mol. The fraction of sp³-hybridized carbons (Fsp3) is 0.429. The standard InChI is InChI=1S/C21H24F3N3O4S/c1-4-31-19(28)18-11-15(9-10-25-18)12-27-14-26(13-20(27,2)3)16-5-7-17(8-6-16)32(29,30)21(22,23)24/h5-11H,4,12-14H2,1-3H3. The Balaban J connectivity index is 1.76. The van der Waals surface area contributed by atoms with Gasteiger partial charge < -0.3 is 9.64 Å². The predicted molar refractivity (Wildman–Crippen MR) is 112 cm³/mol. The van der Waals surface area contributed by atoms with E-state index in [0.717, 1.165) is 17.7 Å². The molecule has 2 heterocycles. The summed E-state index contributed by atoms with van der Waals surface area (Å²) in [5.74, 6) is -0.495. The van der Waals surface area contributed by atoms with Crippen molar-refractivity contribution in [2.45, 2.75) is 43.3 Å². The molecule has 32 heavy (non-hydrogen) atoms. The van der Waals surface area contributed by atoms with E-state index in [4.69, 9.17) is 4.74 Å². The number of rotatable bonds is 6. The third kappa shape index (κ3) is 4.88. The maximum Gasteiger partial charge on any atom is 0.501 e. The number of benzene rings is 1. The highest BCUT2D eigenvalue weighted by Crippen LogP contribution is 2.33. The van der Waals surface area contributed by atoms with E-state index in [1.807, 2.05) is 18.7 Å². The van der Waals surface area contributed by atoms with Crippen molar-refractivity contribution in [3.63, 3.8) is 0 Å². The second-order valence-electron chi connectivity index (χ2n) is 8.06. The van der Waals surface area contributed by atoms with Gasteiger partial charge in [0.15, 0.2) is 0 Å². The molecule has 1 aromatic carbocycles. The lowest BCUT2D eigenvalue weighted by atomic mass is 10.0. The van der Waals surface area contributed by atoms with Gasteiger partial charge in [-0.1, -0.05) is 0 Å². The molecule has 0 radical (unpaired) electrons. The van der Waals surface area contributed by atoms with Crippen LogP contribution in [0.3, 0.4) is 0 Å². The fourth-order valence-electron chi connectivity index (χ4n) is 3.53. The van der Waals surface area contributed by atoms with Crippen molar-refractivity contribution in [2.24, 2.45) is 0 Å². The minimum Gasteiger partial charge on any atom is -0.461 e. The molecule has 174 valence electrons. The number of nitrogens with zero attached hydrogens (tertiary/aromatic N) is 3. The molecule has 0 atom stereocenters. The normalized spacial score (nSPS) is 16.9. The van der Waals surface area contributed by atoms with Crippen LogP contribution in [0.1, 0.15) is 36.8 Å². The minimum atomic E-state index is -5.38. The van der Waals surface area contributed by atoms with Crippen LogP contribution in [-0.4, -0.2) is 55.1 Å². The van der Waals surface area contributed by atoms with Crippen LogP contribution < -0.4 is 4.90 Å². The van der Waals surface area contributed by atoms with Crippen molar-refractivity contribution >= 4 is 21.5 Å². The van der Waals surface area contributed by atoms with Gasteiger partial charge in [0.05, 0.1) is 18.2 Å². The van der Waals surface area contributed by atoms with E-state index in [0.29, 0.717) is 25.4 Å². The average molecular weight is 472 g/mol. The molecule has 3 rings (SSSR count). The average Bonchev–Trinajstić information content (AvgIpc) is 3.02. The van der Waals surface area contributed by atoms with Crippen LogP contribution in [0.25, 0.3) is 0 Å². The second-order valence-corrected chi connectivity index (χ2v) is 10.0. The first-order chi connectivity index (χ1) is 14.8. The van der Waals surface area contributed by atoms with Gasteiger partial charge in [0.2, 0.25) is 0 Å². The molecule has 2 aromatic rings. The predicted octanol–water partition coefficient (Wildman–Crippen LogP) is 3.61. The third-order valence-electron chi connectivity index (χ3n) is 5.27. The van der Waals surface area contributed by atoms with E-state index in [1.165, 1.54) is 12.1 Å². The number of anilines is 1. The van der Waals surface area contributed by atoms with Gasteiger partial charge >= 0.3 is 11.5 Å². The van der Waals surface area contributed by atoms with Crippen LogP contribution in [-0.2, 0) is 21.1 Å². The number of pyridine rings is 1. The Morgan fingerprint density at radius 1 is 1.19 bits per heavy atom. The maximum atomic E-state index is 12.8. The second kappa shape index (κ2) is 8.70. The fourth-order valence-corrected chi connectivity index (χ4v) is 4.29. The Labute approximate surface area is 184 Å². The molecule has 1 aliphatic heterocycles. The van der Waals surface area contributed by atoms with Gasteiger partial charge in [-0.15, -0.1) is 0 Å². The number of sulfone groups is 1. The van der Waals surface area contributed by atoms with Crippen molar-refractivity contribution in [3.05, 3.63) is 53.9 Å². The third-order valence-corrected chi connectivity index (χ3v) is 6.78. The number of hydrogen-bond acceptors (Lipinski definition) is 7. The van der Waals surface area contributed by atoms with Gasteiger partial charge in [-0.25, -0.2) is 18.2 Å². The van der Waals surface area contributed by atoms with E-state index in [1.54, 1.807) is 25.3 Å². The van der Waals surface area contributed by atoms with E-state index in [-0.39, 0.29) is 17.8 Å². The summed E-state index contributed by atoms with van der Waals surface area (Å²) in [5, 5.41) is 0. The first kappa shape index (κ1) is 24.0. The van der Waals surface area contributed by atoms with E-state index in [2.05, 4.69) is 9.88 Å². The zero-order valence-electron chi connectivity index (χ0n) is 17.9. The van der Waals surface area contributed by atoms with Crippen molar-refractivity contribution in [3.8, 4) is 0 Å². The Hall–Kier alpha value is -2.66. The quantitative estimate of drug-likeness (QED) is 0.596. The van der Waals surface area contributed by atoms with Gasteiger partial charge in [-0.2, -0.15) is 13.2 Å². The van der Waals surface area contributed by atoms with Crippen LogP contribution >= 0.6 is 0 Å². The summed E-state index contributed by atoms with van der Waals surface area (Å²) in [6.45, 7) is 7.59. The van der Waals surface area contributed by atoms with Crippen LogP contribution in [0, 0.1) is 0 Å². The molecule has 0 spiro atoms. The maximum absolute atomic E-state index is 12.8. The van der Waals surface area contributed by atoms with E-state index >= 15 is 0 Å². The SMILES string of the molecule is CCOC(=O)c1cc(CN2CN(c3ccc(S(=O)(=O)C(F)(F)F)cc3)CC2(C)C)ccn1. The first-order valence-electron chi connectivity index (χ1n) is 9.88. The number of carbonyl (C=O) groups excluding carboxylic acids is 1. The summed E-state index contributed by atoms with van der Waals surface area (Å²) in [7, 11) is -5.38. The molecule has 1 fully saturated rings. The zero-order chi connectivity index (χ0) is 23.7. The molecule has 0 unspecified atom stereocenters. The Kier molecular flexibility index (Phi) is 6.52. The molecule has 0 bridgehead atoms. The number of alkyl halides is 3. The molecule has 0 amide bonds. The highest BCUT2D eigenvalue weighted by Gasteiger charge is 2.47. The van der Waals surface area contributed by atoms with Crippen LogP contribution in [0.4, 0.5) is 18.9 Å². The minimum absolute atomic E-state index is 0.222. The van der Waals surface area contributed by atoms with Crippen LogP contribution in [0.15, 0.2) is 47.5 Å². The molecular weight excluding hydrogens is 447 g/mol. The Morgan fingerprint density at radius 2 is 1.84 bits per heavy atom.